The summed E-state index contributed by atoms with van der Waals surface area (Å²) in [5, 5.41) is 76.4. The van der Waals surface area contributed by atoms with E-state index in [2.05, 4.69) is 84.1 Å². The Bertz CT molecular complexity index is 3390. The number of amides is 12. The van der Waals surface area contributed by atoms with Crippen molar-refractivity contribution < 1.29 is 87.5 Å². The molecule has 2 fully saturated rings. The van der Waals surface area contributed by atoms with Crippen molar-refractivity contribution in [3.8, 4) is 0 Å². The normalized spacial score (nSPS) is 25.5. The number of para-hydroxylation sites is 1. The number of nitrogens with one attached hydrogen (secondary N) is 15. The number of carbonyl (C=O) groups is 14. The molecule has 3 aromatic rings. The number of rotatable bonds is 20. The van der Waals surface area contributed by atoms with Gasteiger partial charge in [-0.2, -0.15) is 0 Å². The number of carbonyl (C=O) groups excluding carboxylic acids is 12. The van der Waals surface area contributed by atoms with E-state index in [1.54, 1.807) is 58.2 Å². The van der Waals surface area contributed by atoms with E-state index < -0.39 is 199 Å². The van der Waals surface area contributed by atoms with Crippen LogP contribution >= 0.6 is 43.2 Å². The number of nitrogens with two attached hydrogens (primary N) is 1. The highest BCUT2D eigenvalue weighted by atomic mass is 33.1. The van der Waals surface area contributed by atoms with Crippen molar-refractivity contribution in [2.75, 3.05) is 36.6 Å². The van der Waals surface area contributed by atoms with E-state index >= 15 is 9.59 Å². The molecule has 2 saturated heterocycles. The number of nitrogens with zero attached hydrogens (tertiary/aromatic N) is 1. The summed E-state index contributed by atoms with van der Waals surface area (Å²) in [5.74, 6) is -15.2. The van der Waals surface area contributed by atoms with Crippen LogP contribution in [0.3, 0.4) is 0 Å². The zero-order chi connectivity index (χ0) is 75.3. The van der Waals surface area contributed by atoms with Crippen LogP contribution in [0.5, 0.6) is 0 Å². The number of hydrogen-bond donors (Lipinski definition) is 20. The lowest BCUT2D eigenvalue weighted by Gasteiger charge is -2.29. The molecule has 4 heterocycles. The quantitative estimate of drug-likeness (QED) is 0.0495. The topological polar surface area (TPSA) is 547 Å². The number of primary amides is 1. The maximum Gasteiger partial charge on any atom is 0.305 e. The fourth-order valence-electron chi connectivity index (χ4n) is 10.7. The van der Waals surface area contributed by atoms with Gasteiger partial charge in [0.2, 0.25) is 70.9 Å². The van der Waals surface area contributed by atoms with Gasteiger partial charge in [-0.1, -0.05) is 89.1 Å². The van der Waals surface area contributed by atoms with E-state index in [1.807, 2.05) is 0 Å². The molecule has 1 aromatic carbocycles. The lowest BCUT2D eigenvalue weighted by atomic mass is 10.0. The van der Waals surface area contributed by atoms with Crippen molar-refractivity contribution in [2.45, 2.75) is 191 Å². The number of aromatic amines is 2. The molecule has 2 aromatic heterocycles. The number of fused-ring (bicyclic) bond motifs is 9. The Morgan fingerprint density at radius 3 is 1.90 bits per heavy atom. The molecule has 1 unspecified atom stereocenters. The Morgan fingerprint density at radius 1 is 0.667 bits per heavy atom. The summed E-state index contributed by atoms with van der Waals surface area (Å²) >= 11 is 0. The smallest absolute Gasteiger partial charge is 0.305 e. The van der Waals surface area contributed by atoms with Gasteiger partial charge < -0.3 is 99.9 Å². The van der Waals surface area contributed by atoms with Gasteiger partial charge in [0.15, 0.2) is 0 Å². The molecule has 5 rings (SSSR count). The number of hydrogen-bond acceptors (Lipinski definition) is 23. The first-order valence-electron chi connectivity index (χ1n) is 33.2. The molecular weight excluding hydrogens is 1410 g/mol. The van der Waals surface area contributed by atoms with Gasteiger partial charge in [-0.05, 0) is 82.9 Å². The summed E-state index contributed by atoms with van der Waals surface area (Å²) in [6.07, 6.45) is -1.47. The highest BCUT2D eigenvalue weighted by Crippen LogP contribution is 2.27. The van der Waals surface area contributed by atoms with E-state index in [-0.39, 0.29) is 74.0 Å². The minimum absolute atomic E-state index is 0.00276. The standard InChI is InChI=1S/C63H95N17O18S4/c1-30(2)19-42-54(89)68-26-48(82)71-39(14-15-49(83)84)56(91)75-43(20-31(3)4)59(94)73-40-16-18-100-99-17-10-13-38(55(90)77-45(61(96)74-42)22-35-25-66-29-69-35)72-53(88)32(5)70-62(97)46(78-58(93)41(65-7)23-50(85)86)27-101-102-28-47(63(98)80-51(33(6)81)52(64)87)79-60(95)44(76-57(40)92)21-34-24-67-37-12-9-8-11-36(34)37/h8-9,11-12,24-25,29-33,38-47,51,53,65,67,72,81,88H,10,13-23,26-28H2,1-7H3,(H2,64,87)(H,66,69)(H,68,89)(H,70,97)(H,71,82)(H,73,94)(H,74,96)(H,75,91)(H,76,92)(H,77,90)(H,78,93)(H,79,95)(H,80,98)(H,83,84)(H,85,86)/t32-,33+,38-,39-,40-,41-,42-,43-,44-,45-,46-,47-,51-,53?/m0/s1. The number of aliphatic carboxylic acids is 2. The van der Waals surface area contributed by atoms with Crippen molar-refractivity contribution >= 4 is 137 Å². The largest absolute Gasteiger partial charge is 0.481 e. The minimum atomic E-state index is -1.78. The van der Waals surface area contributed by atoms with Crippen LogP contribution in [-0.4, -0.2) is 240 Å². The molecule has 0 spiro atoms. The second-order valence-corrected chi connectivity index (χ2v) is 30.7. The first-order valence-corrected chi connectivity index (χ1v) is 38.2. The summed E-state index contributed by atoms with van der Waals surface area (Å²) in [6.45, 7) is 8.71. The Hall–Kier alpha value is -8.21. The van der Waals surface area contributed by atoms with Crippen LogP contribution in [0.15, 0.2) is 43.0 Å². The predicted octanol–water partition coefficient (Wildman–Crippen LogP) is -3.22. The first kappa shape index (κ1) is 84.4. The lowest BCUT2D eigenvalue weighted by molar-refractivity contribution is -0.140. The molecule has 35 nitrogen and oxygen atoms in total. The molecule has 0 radical (unpaired) electrons. The van der Waals surface area contributed by atoms with Gasteiger partial charge in [-0.3, -0.25) is 72.4 Å². The van der Waals surface area contributed by atoms with Crippen molar-refractivity contribution in [3.63, 3.8) is 0 Å². The third-order valence-electron chi connectivity index (χ3n) is 16.2. The number of carboxylic acid groups (broad SMARTS) is 2. The second kappa shape index (κ2) is 42.4. The van der Waals surface area contributed by atoms with Gasteiger partial charge in [0, 0.05) is 71.3 Å². The van der Waals surface area contributed by atoms with Gasteiger partial charge in [0.1, 0.15) is 60.6 Å². The third kappa shape index (κ3) is 28.2. The molecule has 2 aliphatic rings. The predicted molar refractivity (Wildman–Crippen MR) is 381 cm³/mol. The van der Waals surface area contributed by atoms with Gasteiger partial charge in [-0.15, -0.1) is 0 Å². The minimum Gasteiger partial charge on any atom is -0.481 e. The summed E-state index contributed by atoms with van der Waals surface area (Å²) in [5.41, 5.74) is 7.08. The number of imidazole rings is 1. The van der Waals surface area contributed by atoms with Crippen molar-refractivity contribution in [2.24, 2.45) is 17.6 Å². The second-order valence-electron chi connectivity index (χ2n) is 25.5. The van der Waals surface area contributed by atoms with E-state index in [4.69, 9.17) is 5.73 Å². The van der Waals surface area contributed by atoms with Crippen LogP contribution in [0.1, 0.15) is 104 Å². The van der Waals surface area contributed by atoms with Gasteiger partial charge in [0.05, 0.1) is 43.5 Å². The molecule has 102 heavy (non-hydrogen) atoms. The number of likely N-dealkylation sites (N-methyl/N-ethyl adjacent to an activating group) is 1. The number of aliphatic hydroxyl groups excluding tert-OH is 2. The van der Waals surface area contributed by atoms with Gasteiger partial charge >= 0.3 is 11.9 Å². The SMILES string of the molecule is CN[C@@H](CC(=O)O)C(=O)N[C@H]1CSSC[C@@H](C(=O)N[C@H](C(N)=O)[C@@H](C)O)NC(=O)[C@H](Cc2c[nH]c3ccccc23)NC(=O)[C@@H]2CCSSCCC[C@H](NC(O)[C@H](C)NC1=O)C(=O)N[C@@H](Cc1cnc[nH]1)C(=O)N[C@@H](CC(C)C)C(=O)NCC(=O)N[C@@H](CCC(=O)O)C(=O)N[C@@H](CC(C)C)C(=O)N2. The first-order chi connectivity index (χ1) is 48.3. The zero-order valence-electron chi connectivity index (χ0n) is 57.5. The van der Waals surface area contributed by atoms with Gasteiger partial charge in [-0.25, -0.2) is 4.98 Å². The van der Waals surface area contributed by atoms with E-state index in [1.165, 1.54) is 55.0 Å². The number of aromatic nitrogens is 3. The average molecular weight is 1510 g/mol. The van der Waals surface area contributed by atoms with Gasteiger partial charge in [0.25, 0.3) is 0 Å². The summed E-state index contributed by atoms with van der Waals surface area (Å²) in [6, 6.07) is -11.0. The van der Waals surface area contributed by atoms with E-state index in [9.17, 15) is 78.0 Å². The molecule has 2 bridgehead atoms. The molecule has 564 valence electrons. The van der Waals surface area contributed by atoms with Crippen molar-refractivity contribution in [1.82, 2.24) is 84.1 Å². The number of carboxylic acids is 2. The van der Waals surface area contributed by atoms with Crippen molar-refractivity contribution in [3.05, 3.63) is 54.2 Å². The fraction of sp³-hybridized carbons (Fsp3) is 0.603. The summed E-state index contributed by atoms with van der Waals surface area (Å²) in [7, 11) is 5.55. The molecule has 21 N–H and O–H groups in total. The fourth-order valence-corrected chi connectivity index (χ4v) is 15.2. The molecule has 12 amide bonds. The van der Waals surface area contributed by atoms with Crippen LogP contribution in [0, 0.1) is 11.8 Å². The molecule has 2 aliphatic heterocycles. The molecular formula is C63H95N17O18S4. The molecule has 0 aliphatic carbocycles. The molecule has 39 heteroatoms. The van der Waals surface area contributed by atoms with Crippen LogP contribution in [-0.2, 0) is 80.0 Å². The average Bonchev–Trinajstić information content (AvgIpc) is 1.65. The van der Waals surface area contributed by atoms with Crippen LogP contribution in [0.25, 0.3) is 10.9 Å². The zero-order valence-corrected chi connectivity index (χ0v) is 60.8. The summed E-state index contributed by atoms with van der Waals surface area (Å²) < 4.78 is 0. The van der Waals surface area contributed by atoms with Crippen molar-refractivity contribution in [1.29, 1.82) is 0 Å². The Morgan fingerprint density at radius 2 is 1.27 bits per heavy atom. The van der Waals surface area contributed by atoms with Crippen LogP contribution in [0.4, 0.5) is 0 Å². The Labute approximate surface area is 604 Å². The molecule has 14 atom stereocenters. The number of aliphatic hydroxyl groups is 2. The van der Waals surface area contributed by atoms with E-state index in [0.29, 0.717) is 22.2 Å². The highest BCUT2D eigenvalue weighted by molar-refractivity contribution is 8.77. The Kier molecular flexibility index (Phi) is 35.1. The third-order valence-corrected chi connectivity index (χ3v) is 21.1. The van der Waals surface area contributed by atoms with Crippen LogP contribution in [0.2, 0.25) is 0 Å². The monoisotopic (exact) mass is 1510 g/mol. The van der Waals surface area contributed by atoms with Crippen LogP contribution < -0.4 is 74.9 Å². The van der Waals surface area contributed by atoms with E-state index in [0.717, 1.165) is 21.6 Å². The maximum atomic E-state index is 15.2. The number of H-pyrrole nitrogens is 2. The summed E-state index contributed by atoms with van der Waals surface area (Å²) in [4.78, 5) is 206. The number of benzene rings is 1. The lowest BCUT2D eigenvalue weighted by Crippen LogP contribution is -2.61. The maximum absolute atomic E-state index is 15.2. The molecule has 0 saturated carbocycles. The Balaban J connectivity index is 1.69. The highest BCUT2D eigenvalue weighted by Gasteiger charge is 2.38.